The van der Waals surface area contributed by atoms with Crippen LogP contribution in [0.1, 0.15) is 2.85 Å². The van der Waals surface area contributed by atoms with Crippen molar-refractivity contribution >= 4 is 0 Å². The number of hydrogen-bond acceptors (Lipinski definition) is 4. The Hall–Kier alpha value is -1.20. The minimum absolute atomic E-state index is 0. The number of rotatable bonds is 2. The van der Waals surface area contributed by atoms with E-state index in [4.69, 9.17) is 12.6 Å². The van der Waals surface area contributed by atoms with Gasteiger partial charge in [0, 0.05) is 2.85 Å². The van der Waals surface area contributed by atoms with Crippen LogP contribution in [-0.2, 0) is 0 Å². The molecule has 2 N–H and O–H groups in total. The molecule has 0 unspecified atom stereocenters. The maximum absolute atomic E-state index is 8.57. The SMILES string of the molecule is [3H][N-]N=O.[3H][N-]N=O.[HH].[HH]. The van der Waals surface area contributed by atoms with Crippen molar-refractivity contribution in [3.8, 4) is 0 Å². The largest absolute Gasteiger partial charge is 0.578 e. The van der Waals surface area contributed by atoms with E-state index in [0.29, 0.717) is 0 Å². The summed E-state index contributed by atoms with van der Waals surface area (Å²) in [6.45, 7) is 0. The highest BCUT2D eigenvalue weighted by Crippen LogP contribution is 1.43. The molecule has 0 radical (unpaired) electrons. The molecule has 0 atom stereocenters. The van der Waals surface area contributed by atoms with Crippen LogP contribution in [0.15, 0.2) is 10.6 Å². The second-order valence-corrected chi connectivity index (χ2v) is 0.163. The third-order valence-corrected chi connectivity index (χ3v) is 0. The van der Waals surface area contributed by atoms with Crippen molar-refractivity contribution in [2.75, 3.05) is 0 Å². The second-order valence-electron chi connectivity index (χ2n) is 0.163. The molecule has 0 aromatic heterocycles. The molecule has 0 rings (SSSR count). The number of nitrogens with zero attached hydrogens (tertiary/aromatic N) is 2. The van der Waals surface area contributed by atoms with Gasteiger partial charge in [-0.15, -0.1) is 2.82 Å². The fraction of sp³-hybridized carbons (Fsp3) is 0. The lowest BCUT2D eigenvalue weighted by atomic mass is 12.9. The van der Waals surface area contributed by atoms with E-state index in [2.05, 4.69) is 11.7 Å². The van der Waals surface area contributed by atoms with Crippen LogP contribution < -0.4 is 0 Å². The van der Waals surface area contributed by atoms with Gasteiger partial charge in [-0.05, 0) is 0 Å². The van der Waals surface area contributed by atoms with Gasteiger partial charge in [-0.1, -0.05) is 0 Å². The van der Waals surface area contributed by atoms with Crippen LogP contribution in [0.5, 0.6) is 0 Å². The van der Waals surface area contributed by atoms with Crippen LogP contribution in [0.25, 0.3) is 11.7 Å². The minimum atomic E-state index is 0. The molecule has 40 valence electrons. The summed E-state index contributed by atoms with van der Waals surface area (Å²) in [6.07, 6.45) is 0. The maximum atomic E-state index is 8.57. The van der Waals surface area contributed by atoms with Gasteiger partial charge in [0.25, 0.3) is 0 Å². The van der Waals surface area contributed by atoms with Crippen molar-refractivity contribution in [2.24, 2.45) is 10.6 Å². The lowest BCUT2D eigenvalue weighted by Crippen LogP contribution is -1.04. The van der Waals surface area contributed by atoms with E-state index >= 15 is 0 Å². The molecule has 0 saturated heterocycles. The monoisotopic (exact) mass is 98.1 g/mol. The molecule has 6 nitrogen and oxygen atoms in total. The predicted molar refractivity (Wildman–Crippen MR) is 24.5 cm³/mol. The van der Waals surface area contributed by atoms with E-state index < -0.39 is 0 Å². The molecular weight excluding hydrogens is 88.0 g/mol. The molecular formula is H6N4O2-2. The van der Waals surface area contributed by atoms with Crippen molar-refractivity contribution < 1.29 is 5.68 Å². The Labute approximate surface area is 39.3 Å². The lowest BCUT2D eigenvalue weighted by Gasteiger charge is -1.55. The van der Waals surface area contributed by atoms with Crippen molar-refractivity contribution in [2.45, 2.75) is 0 Å². The fourth-order valence-electron chi connectivity index (χ4n) is 0. The highest BCUT2D eigenvalue weighted by molar-refractivity contribution is 4.21. The van der Waals surface area contributed by atoms with Gasteiger partial charge in [0.2, 0.25) is 0 Å². The van der Waals surface area contributed by atoms with E-state index in [9.17, 15) is 0 Å². The first-order chi connectivity index (χ1) is 3.83. The Morgan fingerprint density at radius 3 is 1.67 bits per heavy atom. The summed E-state index contributed by atoms with van der Waals surface area (Å²) >= 11 is 0. The molecule has 0 aromatic rings. The van der Waals surface area contributed by atoms with Crippen molar-refractivity contribution in [3.05, 3.63) is 21.5 Å². The summed E-state index contributed by atoms with van der Waals surface area (Å²) in [4.78, 5) is 17.1. The summed E-state index contributed by atoms with van der Waals surface area (Å²) in [5, 5.41) is 3.56. The van der Waals surface area contributed by atoms with E-state index in [0.717, 1.165) is 0 Å². The van der Waals surface area contributed by atoms with Crippen LogP contribution in [0.3, 0.4) is 0 Å². The molecule has 0 aliphatic rings. The molecule has 0 spiro atoms. The normalized spacial score (nSPS) is 7.33. The quantitative estimate of drug-likeness (QED) is 0.388. The van der Waals surface area contributed by atoms with Crippen molar-refractivity contribution in [1.82, 2.24) is 0 Å². The van der Waals surface area contributed by atoms with Gasteiger partial charge >= 0.3 is 0 Å². The summed E-state index contributed by atoms with van der Waals surface area (Å²) in [7, 11) is 0. The van der Waals surface area contributed by atoms with Gasteiger partial charge in [0.05, 0.1) is 0 Å². The zero-order valence-corrected chi connectivity index (χ0v) is 2.61. The molecule has 0 aromatic carbocycles. The summed E-state index contributed by atoms with van der Waals surface area (Å²) in [5.41, 5.74) is 0. The predicted octanol–water partition coefficient (Wildman–Crippen LogP) is 1.93. The standard InChI is InChI=1S/2H2N2O.2H2/c2*1-2-3;;/h2*(H2,1,3);2*1H/p-2/i/hT2. The van der Waals surface area contributed by atoms with Crippen LogP contribution in [0.2, 0.25) is 2.82 Å². The fourth-order valence-corrected chi connectivity index (χ4v) is 0. The molecule has 0 bridgehead atoms. The number of hydrogen-bond donors (Lipinski definition) is 0. The highest BCUT2D eigenvalue weighted by atomic mass is 16.3. The first-order valence-corrected chi connectivity index (χ1v) is 0.765. The summed E-state index contributed by atoms with van der Waals surface area (Å²) < 4.78 is 11.2. The van der Waals surface area contributed by atoms with E-state index in [1.54, 1.807) is 10.6 Å². The zero-order chi connectivity index (χ0) is 6.83. The molecule has 0 aliphatic carbocycles. The molecule has 0 fully saturated rings. The van der Waals surface area contributed by atoms with Crippen LogP contribution in [-0.4, -0.2) is 0 Å². The van der Waals surface area contributed by atoms with Gasteiger partial charge in [0.15, 0.2) is 0 Å². The Balaban J connectivity index is -0.0000000300. The summed E-state index contributed by atoms with van der Waals surface area (Å²) in [5.74, 6) is 4.11. The Morgan fingerprint density at radius 2 is 1.67 bits per heavy atom. The van der Waals surface area contributed by atoms with Crippen molar-refractivity contribution in [1.29, 1.82) is 0 Å². The highest BCUT2D eigenvalue weighted by Gasteiger charge is 0.954. The molecule has 0 aliphatic heterocycles. The number of nitrogens with one attached hydrogen (secondary N) is 2. The van der Waals surface area contributed by atoms with Crippen molar-refractivity contribution in [3.63, 3.8) is 0 Å². The molecule has 0 heterocycles. The topological polar surface area (TPSA) is 106 Å². The molecule has 6 heavy (non-hydrogen) atoms. The van der Waals surface area contributed by atoms with Crippen LogP contribution in [0.4, 0.5) is 0 Å². The third-order valence-electron chi connectivity index (χ3n) is 0. The van der Waals surface area contributed by atoms with Gasteiger partial charge in [-0.2, -0.15) is 20.4 Å². The first kappa shape index (κ1) is 3.01. The summed E-state index contributed by atoms with van der Waals surface area (Å²) in [6, 6.07) is 0. The Bertz CT molecular complexity index is 51.2. The third kappa shape index (κ3) is 6.30. The average Bonchev–Trinajstić information content (AvgIpc) is 1.88. The smallest absolute Gasteiger partial charge is 0 e. The second kappa shape index (κ2) is 46.5. The first-order valence-electron chi connectivity index (χ1n) is 1.66. The van der Waals surface area contributed by atoms with Gasteiger partial charge in [-0.25, -0.2) is 0 Å². The van der Waals surface area contributed by atoms with Gasteiger partial charge in [-0.3, -0.25) is 0 Å². The number of nitroso groups, excluding NO2 is 2. The van der Waals surface area contributed by atoms with Gasteiger partial charge < -0.3 is 11.7 Å². The maximum Gasteiger partial charge on any atom is 0 e. The minimum Gasteiger partial charge on any atom is -0.578 e. The Morgan fingerprint density at radius 1 is 1.50 bits per heavy atom. The van der Waals surface area contributed by atoms with Crippen LogP contribution >= 0.6 is 0 Å². The van der Waals surface area contributed by atoms with E-state index in [1.807, 2.05) is 0 Å². The van der Waals surface area contributed by atoms with E-state index in [1.165, 1.54) is 0 Å². The molecule has 0 amide bonds. The molecule has 6 heteroatoms. The lowest BCUT2D eigenvalue weighted by molar-refractivity contribution is 1.58. The average molecular weight is 98.1 g/mol. The van der Waals surface area contributed by atoms with E-state index in [-0.39, 0.29) is 2.85 Å². The zero-order valence-electron chi connectivity index (χ0n) is 4.61. The van der Waals surface area contributed by atoms with Crippen LogP contribution in [0, 0.1) is 9.81 Å². The molecule has 0 saturated carbocycles. The Kier molecular flexibility index (Phi) is 23.3. The van der Waals surface area contributed by atoms with Gasteiger partial charge in [0.1, 0.15) is 0 Å².